The molecule has 1 saturated heterocycles. The standard InChI is InChI=1S/C20H29N3O6S/c1-4-23(5-2)30(27,28)17-10-8-16(9-11-17)19(25)21-14-18(24)29-15(3)20(26)22-12-6-7-13-22/h8-11,15H,4-7,12-14H2,1-3H3,(H,21,25). The molecule has 1 N–H and O–H groups in total. The van der Waals surface area contributed by atoms with Crippen molar-refractivity contribution in [2.45, 2.75) is 44.6 Å². The third kappa shape index (κ3) is 5.79. The van der Waals surface area contributed by atoms with Crippen LogP contribution in [-0.2, 0) is 24.3 Å². The average molecular weight is 440 g/mol. The quantitative estimate of drug-likeness (QED) is 0.575. The molecular formula is C20H29N3O6S. The molecule has 1 fully saturated rings. The van der Waals surface area contributed by atoms with E-state index in [1.807, 2.05) is 0 Å². The molecule has 0 aliphatic carbocycles. The molecule has 0 bridgehead atoms. The van der Waals surface area contributed by atoms with Crippen LogP contribution in [-0.4, -0.2) is 74.2 Å². The van der Waals surface area contributed by atoms with Crippen molar-refractivity contribution in [3.8, 4) is 0 Å². The van der Waals surface area contributed by atoms with Gasteiger partial charge in [0.1, 0.15) is 6.54 Å². The van der Waals surface area contributed by atoms with Crippen molar-refractivity contribution in [3.05, 3.63) is 29.8 Å². The Kier molecular flexibility index (Phi) is 8.36. The molecule has 1 heterocycles. The molecule has 0 radical (unpaired) electrons. The first-order valence-corrected chi connectivity index (χ1v) is 11.5. The number of ether oxygens (including phenoxy) is 1. The molecule has 1 atom stereocenters. The third-order valence-electron chi connectivity index (χ3n) is 4.93. The van der Waals surface area contributed by atoms with Gasteiger partial charge < -0.3 is 15.0 Å². The highest BCUT2D eigenvalue weighted by atomic mass is 32.2. The van der Waals surface area contributed by atoms with Gasteiger partial charge in [-0.15, -0.1) is 0 Å². The van der Waals surface area contributed by atoms with Crippen LogP contribution in [0.3, 0.4) is 0 Å². The molecule has 0 spiro atoms. The van der Waals surface area contributed by atoms with Crippen molar-refractivity contribution in [2.24, 2.45) is 0 Å². The monoisotopic (exact) mass is 439 g/mol. The number of nitrogens with zero attached hydrogens (tertiary/aromatic N) is 2. The number of hydrogen-bond donors (Lipinski definition) is 1. The van der Waals surface area contributed by atoms with Crippen molar-refractivity contribution in [1.82, 2.24) is 14.5 Å². The Morgan fingerprint density at radius 3 is 2.20 bits per heavy atom. The van der Waals surface area contributed by atoms with E-state index in [1.54, 1.807) is 18.7 Å². The fourth-order valence-corrected chi connectivity index (χ4v) is 4.69. The van der Waals surface area contributed by atoms with E-state index in [-0.39, 0.29) is 16.4 Å². The summed E-state index contributed by atoms with van der Waals surface area (Å²) in [5, 5.41) is 2.42. The average Bonchev–Trinajstić information content (AvgIpc) is 3.27. The van der Waals surface area contributed by atoms with Crippen LogP contribution >= 0.6 is 0 Å². The Labute approximate surface area is 177 Å². The summed E-state index contributed by atoms with van der Waals surface area (Å²) in [5.74, 6) is -1.50. The van der Waals surface area contributed by atoms with E-state index in [4.69, 9.17) is 4.74 Å². The van der Waals surface area contributed by atoms with E-state index in [9.17, 15) is 22.8 Å². The summed E-state index contributed by atoms with van der Waals surface area (Å²) < 4.78 is 31.4. The molecule has 9 nitrogen and oxygen atoms in total. The van der Waals surface area contributed by atoms with Crippen LogP contribution in [0.25, 0.3) is 0 Å². The number of hydrogen-bond acceptors (Lipinski definition) is 6. The Hall–Kier alpha value is -2.46. The highest BCUT2D eigenvalue weighted by Gasteiger charge is 2.26. The number of rotatable bonds is 9. The number of carbonyl (C=O) groups is 3. The van der Waals surface area contributed by atoms with Gasteiger partial charge in [0.15, 0.2) is 6.10 Å². The van der Waals surface area contributed by atoms with Gasteiger partial charge in [-0.25, -0.2) is 8.42 Å². The zero-order valence-electron chi connectivity index (χ0n) is 17.6. The lowest BCUT2D eigenvalue weighted by Crippen LogP contribution is -2.40. The van der Waals surface area contributed by atoms with Crippen LogP contribution in [0.15, 0.2) is 29.2 Å². The van der Waals surface area contributed by atoms with Crippen LogP contribution in [0.4, 0.5) is 0 Å². The Morgan fingerprint density at radius 2 is 1.67 bits per heavy atom. The molecule has 1 aliphatic rings. The molecule has 30 heavy (non-hydrogen) atoms. The predicted octanol–water partition coefficient (Wildman–Crippen LogP) is 1.00. The van der Waals surface area contributed by atoms with Crippen LogP contribution in [0.1, 0.15) is 44.0 Å². The Bertz CT molecular complexity index is 859. The molecule has 2 amide bonds. The highest BCUT2D eigenvalue weighted by Crippen LogP contribution is 2.16. The summed E-state index contributed by atoms with van der Waals surface area (Å²) >= 11 is 0. The zero-order valence-corrected chi connectivity index (χ0v) is 18.4. The number of nitrogens with one attached hydrogen (secondary N) is 1. The van der Waals surface area contributed by atoms with E-state index >= 15 is 0 Å². The summed E-state index contributed by atoms with van der Waals surface area (Å²) in [6.45, 7) is 6.65. The third-order valence-corrected chi connectivity index (χ3v) is 6.99. The number of carbonyl (C=O) groups excluding carboxylic acids is 3. The van der Waals surface area contributed by atoms with Gasteiger partial charge in [-0.1, -0.05) is 13.8 Å². The summed E-state index contributed by atoms with van der Waals surface area (Å²) in [6.07, 6.45) is 0.978. The maximum absolute atomic E-state index is 12.5. The lowest BCUT2D eigenvalue weighted by Gasteiger charge is -2.20. The summed E-state index contributed by atoms with van der Waals surface area (Å²) in [5.41, 5.74) is 0.211. The fourth-order valence-electron chi connectivity index (χ4n) is 3.23. The minimum atomic E-state index is -3.61. The van der Waals surface area contributed by atoms with Gasteiger partial charge in [0.2, 0.25) is 10.0 Å². The number of esters is 1. The van der Waals surface area contributed by atoms with Gasteiger partial charge in [0, 0.05) is 31.7 Å². The van der Waals surface area contributed by atoms with Crippen molar-refractivity contribution in [1.29, 1.82) is 0 Å². The summed E-state index contributed by atoms with van der Waals surface area (Å²) in [7, 11) is -3.61. The first-order valence-electron chi connectivity index (χ1n) is 10.1. The molecule has 10 heteroatoms. The fraction of sp³-hybridized carbons (Fsp3) is 0.550. The lowest BCUT2D eigenvalue weighted by atomic mass is 10.2. The Balaban J connectivity index is 1.88. The number of benzene rings is 1. The summed E-state index contributed by atoms with van der Waals surface area (Å²) in [6, 6.07) is 5.49. The molecule has 2 rings (SSSR count). The van der Waals surface area contributed by atoms with Gasteiger partial charge >= 0.3 is 5.97 Å². The smallest absolute Gasteiger partial charge is 0.326 e. The molecule has 1 aromatic carbocycles. The molecular weight excluding hydrogens is 410 g/mol. The minimum Gasteiger partial charge on any atom is -0.451 e. The van der Waals surface area contributed by atoms with Crippen molar-refractivity contribution >= 4 is 27.8 Å². The number of sulfonamides is 1. The maximum atomic E-state index is 12.5. The van der Waals surface area contributed by atoms with E-state index < -0.39 is 34.5 Å². The van der Waals surface area contributed by atoms with Gasteiger partial charge in [0.25, 0.3) is 11.8 Å². The molecule has 1 aromatic rings. The first kappa shape index (κ1) is 23.8. The highest BCUT2D eigenvalue weighted by molar-refractivity contribution is 7.89. The van der Waals surface area contributed by atoms with Gasteiger partial charge in [0.05, 0.1) is 4.90 Å². The second kappa shape index (κ2) is 10.5. The van der Waals surface area contributed by atoms with E-state index in [2.05, 4.69) is 5.32 Å². The van der Waals surface area contributed by atoms with E-state index in [0.717, 1.165) is 12.8 Å². The molecule has 0 saturated carbocycles. The normalized spacial score (nSPS) is 15.1. The van der Waals surface area contributed by atoms with Crippen molar-refractivity contribution in [2.75, 3.05) is 32.7 Å². The number of likely N-dealkylation sites (tertiary alicyclic amines) is 1. The van der Waals surface area contributed by atoms with Crippen LogP contribution in [0.2, 0.25) is 0 Å². The molecule has 0 aromatic heterocycles. The van der Waals surface area contributed by atoms with Gasteiger partial charge in [-0.05, 0) is 44.0 Å². The first-order chi connectivity index (χ1) is 14.2. The van der Waals surface area contributed by atoms with E-state index in [0.29, 0.717) is 26.2 Å². The largest absolute Gasteiger partial charge is 0.451 e. The maximum Gasteiger partial charge on any atom is 0.326 e. The topological polar surface area (TPSA) is 113 Å². The molecule has 166 valence electrons. The lowest BCUT2D eigenvalue weighted by molar-refractivity contribution is -0.157. The Morgan fingerprint density at radius 1 is 1.10 bits per heavy atom. The van der Waals surface area contributed by atoms with Crippen LogP contribution in [0.5, 0.6) is 0 Å². The molecule has 1 unspecified atom stereocenters. The predicted molar refractivity (Wildman–Crippen MR) is 110 cm³/mol. The van der Waals surface area contributed by atoms with Gasteiger partial charge in [-0.3, -0.25) is 14.4 Å². The van der Waals surface area contributed by atoms with Crippen LogP contribution in [0, 0.1) is 0 Å². The number of amides is 2. The van der Waals surface area contributed by atoms with Gasteiger partial charge in [-0.2, -0.15) is 4.31 Å². The summed E-state index contributed by atoms with van der Waals surface area (Å²) in [4.78, 5) is 38.1. The SMILES string of the molecule is CCN(CC)S(=O)(=O)c1ccc(C(=O)NCC(=O)OC(C)C(=O)N2CCCC2)cc1. The van der Waals surface area contributed by atoms with Crippen LogP contribution < -0.4 is 5.32 Å². The second-order valence-electron chi connectivity index (χ2n) is 6.96. The molecule has 1 aliphatic heterocycles. The van der Waals surface area contributed by atoms with Crippen molar-refractivity contribution in [3.63, 3.8) is 0 Å². The minimum absolute atomic E-state index is 0.0939. The van der Waals surface area contributed by atoms with E-state index in [1.165, 1.54) is 35.5 Å². The zero-order chi connectivity index (χ0) is 22.3. The second-order valence-corrected chi connectivity index (χ2v) is 8.90. The van der Waals surface area contributed by atoms with Crippen molar-refractivity contribution < 1.29 is 27.5 Å².